The van der Waals surface area contributed by atoms with Gasteiger partial charge in [-0.25, -0.2) is 9.67 Å². The third-order valence-corrected chi connectivity index (χ3v) is 6.75. The van der Waals surface area contributed by atoms with E-state index in [9.17, 15) is 10.1 Å². The molecule has 7 nitrogen and oxygen atoms in total. The maximum Gasteiger partial charge on any atom is 0.259 e. The Balaban J connectivity index is 1.37. The van der Waals surface area contributed by atoms with E-state index in [4.69, 9.17) is 21.4 Å². The van der Waals surface area contributed by atoms with Crippen molar-refractivity contribution < 1.29 is 4.74 Å². The Bertz CT molecular complexity index is 1970. The number of para-hydroxylation sites is 2. The van der Waals surface area contributed by atoms with Gasteiger partial charge >= 0.3 is 0 Å². The van der Waals surface area contributed by atoms with Crippen LogP contribution in [0.3, 0.4) is 0 Å². The van der Waals surface area contributed by atoms with Gasteiger partial charge in [0.25, 0.3) is 5.56 Å². The Morgan fingerprint density at radius 3 is 2.44 bits per heavy atom. The van der Waals surface area contributed by atoms with Gasteiger partial charge in [0.2, 0.25) is 0 Å². The highest BCUT2D eigenvalue weighted by Gasteiger charge is 2.15. The first kappa shape index (κ1) is 25.8. The largest absolute Gasteiger partial charge is 0.489 e. The first-order valence-corrected chi connectivity index (χ1v) is 13.2. The number of halogens is 1. The first-order valence-electron chi connectivity index (χ1n) is 12.8. The van der Waals surface area contributed by atoms with Gasteiger partial charge in [0.05, 0.1) is 27.9 Å². The Morgan fingerprint density at radius 1 is 0.951 bits per heavy atom. The van der Waals surface area contributed by atoms with Crippen LogP contribution in [0.25, 0.3) is 39.5 Å². The monoisotopic (exact) mass is 555 g/mol. The molecule has 2 heterocycles. The number of nitrogens with zero attached hydrogens (tertiary/aromatic N) is 4. The van der Waals surface area contributed by atoms with E-state index < -0.39 is 0 Å². The van der Waals surface area contributed by atoms with Crippen LogP contribution in [0.15, 0.2) is 114 Å². The number of fused-ring (bicyclic) bond motifs is 1. The van der Waals surface area contributed by atoms with E-state index in [2.05, 4.69) is 16.0 Å². The summed E-state index contributed by atoms with van der Waals surface area (Å²) >= 11 is 5.97. The zero-order valence-electron chi connectivity index (χ0n) is 21.7. The fourth-order valence-corrected chi connectivity index (χ4v) is 4.54. The number of hydrogen-bond donors (Lipinski definition) is 1. The molecule has 0 spiro atoms. The summed E-state index contributed by atoms with van der Waals surface area (Å²) in [4.78, 5) is 20.0. The SMILES string of the molecule is N#CC(=Cc1cn(-c2ccccc2)nc1-c1ccc(OCc2ccc(Cl)cc2)cc1)c1nc2ccccc2c(=O)[nH]1. The minimum atomic E-state index is -0.304. The van der Waals surface area contributed by atoms with Crippen molar-refractivity contribution in [3.8, 4) is 28.8 Å². The van der Waals surface area contributed by atoms with Crippen LogP contribution in [0, 0.1) is 11.3 Å². The number of benzene rings is 4. The average molecular weight is 556 g/mol. The quantitative estimate of drug-likeness (QED) is 0.212. The highest BCUT2D eigenvalue weighted by atomic mass is 35.5. The summed E-state index contributed by atoms with van der Waals surface area (Å²) in [7, 11) is 0. The number of aromatic amines is 1. The van der Waals surface area contributed by atoms with Gasteiger partial charge in [-0.05, 0) is 72.3 Å². The van der Waals surface area contributed by atoms with Crippen molar-refractivity contribution in [3.63, 3.8) is 0 Å². The second kappa shape index (κ2) is 11.3. The molecule has 0 amide bonds. The Morgan fingerprint density at radius 2 is 1.68 bits per heavy atom. The van der Waals surface area contributed by atoms with E-state index in [0.29, 0.717) is 39.5 Å². The standard InChI is InChI=1S/C33H22ClN5O2/c34-26-14-10-22(11-15-26)21-41-28-16-12-23(13-17-28)31-25(20-39(38-31)27-6-2-1-3-7-27)18-24(19-35)32-36-30-9-5-4-8-29(30)33(40)37-32/h1-18,20H,21H2,(H,36,37,40). The molecule has 6 aromatic rings. The molecule has 0 radical (unpaired) electrons. The summed E-state index contributed by atoms with van der Waals surface area (Å²) < 4.78 is 7.71. The molecule has 0 aliphatic carbocycles. The number of H-pyrrole nitrogens is 1. The second-order valence-corrected chi connectivity index (χ2v) is 9.69. The molecule has 0 atom stereocenters. The number of hydrogen-bond acceptors (Lipinski definition) is 5. The fourth-order valence-electron chi connectivity index (χ4n) is 4.41. The van der Waals surface area contributed by atoms with Gasteiger partial charge < -0.3 is 9.72 Å². The van der Waals surface area contributed by atoms with Crippen molar-refractivity contribution in [2.45, 2.75) is 6.61 Å². The van der Waals surface area contributed by atoms with Gasteiger partial charge in [0, 0.05) is 22.3 Å². The van der Waals surface area contributed by atoms with Crippen molar-refractivity contribution >= 4 is 34.2 Å². The molecule has 0 aliphatic rings. The van der Waals surface area contributed by atoms with Crippen molar-refractivity contribution in [1.29, 1.82) is 5.26 Å². The summed E-state index contributed by atoms with van der Waals surface area (Å²) in [6.07, 6.45) is 3.55. The molecule has 6 rings (SSSR count). The number of rotatable bonds is 7. The van der Waals surface area contributed by atoms with Crippen LogP contribution in [0.2, 0.25) is 5.02 Å². The van der Waals surface area contributed by atoms with Gasteiger partial charge in [-0.3, -0.25) is 4.79 Å². The van der Waals surface area contributed by atoms with Crippen LogP contribution in [0.1, 0.15) is 17.0 Å². The first-order chi connectivity index (χ1) is 20.1. The molecule has 0 fully saturated rings. The van der Waals surface area contributed by atoms with Crippen LogP contribution in [-0.4, -0.2) is 19.7 Å². The van der Waals surface area contributed by atoms with Crippen molar-refractivity contribution in [3.05, 3.63) is 142 Å². The van der Waals surface area contributed by atoms with Gasteiger partial charge in [0.1, 0.15) is 18.4 Å². The molecule has 0 aliphatic heterocycles. The summed E-state index contributed by atoms with van der Waals surface area (Å²) in [6, 6.07) is 34.1. The Kier molecular flexibility index (Phi) is 7.14. The van der Waals surface area contributed by atoms with Gasteiger partial charge in [-0.15, -0.1) is 0 Å². The Labute approximate surface area is 240 Å². The highest BCUT2D eigenvalue weighted by molar-refractivity contribution is 6.30. The average Bonchev–Trinajstić information content (AvgIpc) is 3.44. The lowest BCUT2D eigenvalue weighted by molar-refractivity contribution is 0.306. The Hall–Kier alpha value is -5.45. The number of nitriles is 1. The molecule has 0 unspecified atom stereocenters. The van der Waals surface area contributed by atoms with Crippen molar-refractivity contribution in [2.24, 2.45) is 0 Å². The zero-order chi connectivity index (χ0) is 28.2. The minimum Gasteiger partial charge on any atom is -0.489 e. The molecular weight excluding hydrogens is 534 g/mol. The van der Waals surface area contributed by atoms with Crippen LogP contribution < -0.4 is 10.3 Å². The number of aromatic nitrogens is 4. The molecule has 2 aromatic heterocycles. The molecular formula is C33H22ClN5O2. The lowest BCUT2D eigenvalue weighted by Crippen LogP contribution is -2.11. The van der Waals surface area contributed by atoms with Crippen LogP contribution in [-0.2, 0) is 6.61 Å². The van der Waals surface area contributed by atoms with Crippen molar-refractivity contribution in [2.75, 3.05) is 0 Å². The van der Waals surface area contributed by atoms with Gasteiger partial charge in [0.15, 0.2) is 5.82 Å². The van der Waals surface area contributed by atoms with Crippen molar-refractivity contribution in [1.82, 2.24) is 19.7 Å². The van der Waals surface area contributed by atoms with E-state index in [-0.39, 0.29) is 17.0 Å². The predicted molar refractivity (Wildman–Crippen MR) is 161 cm³/mol. The van der Waals surface area contributed by atoms with Crippen LogP contribution in [0.4, 0.5) is 0 Å². The minimum absolute atomic E-state index is 0.195. The second-order valence-electron chi connectivity index (χ2n) is 9.25. The van der Waals surface area contributed by atoms with E-state index in [1.807, 2.05) is 85.1 Å². The smallest absolute Gasteiger partial charge is 0.259 e. The fraction of sp³-hybridized carbons (Fsp3) is 0.0303. The van der Waals surface area contributed by atoms with Gasteiger partial charge in [-0.1, -0.05) is 54.1 Å². The molecule has 1 N–H and O–H groups in total. The lowest BCUT2D eigenvalue weighted by atomic mass is 10.1. The molecule has 0 bridgehead atoms. The number of ether oxygens (including phenoxy) is 1. The molecule has 41 heavy (non-hydrogen) atoms. The molecule has 4 aromatic carbocycles. The third kappa shape index (κ3) is 5.64. The lowest BCUT2D eigenvalue weighted by Gasteiger charge is -2.07. The molecule has 0 saturated carbocycles. The number of nitrogens with one attached hydrogen (secondary N) is 1. The molecule has 0 saturated heterocycles. The van der Waals surface area contributed by atoms with Crippen LogP contribution >= 0.6 is 11.6 Å². The highest BCUT2D eigenvalue weighted by Crippen LogP contribution is 2.29. The zero-order valence-corrected chi connectivity index (χ0v) is 22.4. The third-order valence-electron chi connectivity index (χ3n) is 6.50. The van der Waals surface area contributed by atoms with E-state index in [1.165, 1.54) is 0 Å². The van der Waals surface area contributed by atoms with E-state index in [1.54, 1.807) is 35.0 Å². The predicted octanol–water partition coefficient (Wildman–Crippen LogP) is 7.07. The maximum absolute atomic E-state index is 12.7. The maximum atomic E-state index is 12.7. The summed E-state index contributed by atoms with van der Waals surface area (Å²) in [5.74, 6) is 0.902. The topological polar surface area (TPSA) is 96.6 Å². The van der Waals surface area contributed by atoms with Crippen LogP contribution in [0.5, 0.6) is 5.75 Å². The normalized spacial score (nSPS) is 11.4. The number of allylic oxidation sites excluding steroid dienone is 1. The van der Waals surface area contributed by atoms with Gasteiger partial charge in [-0.2, -0.15) is 10.4 Å². The summed E-state index contributed by atoms with van der Waals surface area (Å²) in [5.41, 5.74) is 4.49. The molecule has 8 heteroatoms. The van der Waals surface area contributed by atoms with E-state index in [0.717, 1.165) is 16.8 Å². The molecule has 198 valence electrons. The summed E-state index contributed by atoms with van der Waals surface area (Å²) in [5, 5.41) is 16.1. The van der Waals surface area contributed by atoms with E-state index >= 15 is 0 Å². The summed E-state index contributed by atoms with van der Waals surface area (Å²) in [6.45, 7) is 0.412.